The molecule has 0 radical (unpaired) electrons. The van der Waals surface area contributed by atoms with Crippen molar-refractivity contribution in [3.8, 4) is 11.1 Å². The van der Waals surface area contributed by atoms with Crippen LogP contribution in [-0.4, -0.2) is 13.1 Å². The third-order valence-corrected chi connectivity index (χ3v) is 3.25. The van der Waals surface area contributed by atoms with E-state index < -0.39 is 0 Å². The molecule has 2 nitrogen and oxygen atoms in total. The van der Waals surface area contributed by atoms with Crippen molar-refractivity contribution in [2.24, 2.45) is 0 Å². The molecule has 0 aliphatic rings. The molecule has 0 bridgehead atoms. The smallest absolute Gasteiger partial charge is 0.339 e. The van der Waals surface area contributed by atoms with Crippen LogP contribution < -0.4 is 0 Å². The van der Waals surface area contributed by atoms with Gasteiger partial charge in [0.25, 0.3) is 0 Å². The van der Waals surface area contributed by atoms with Gasteiger partial charge in [-0.25, -0.2) is 4.79 Å². The summed E-state index contributed by atoms with van der Waals surface area (Å²) in [5.41, 5.74) is 3.84. The molecule has 1 aromatic carbocycles. The Morgan fingerprint density at radius 2 is 1.94 bits per heavy atom. The average Bonchev–Trinajstić information content (AvgIpc) is 2.77. The predicted octanol–water partition coefficient (Wildman–Crippen LogP) is 3.51. The number of methoxy groups -OCH3 is 1. The van der Waals surface area contributed by atoms with Gasteiger partial charge in [0.15, 0.2) is 0 Å². The van der Waals surface area contributed by atoms with Gasteiger partial charge < -0.3 is 4.74 Å². The van der Waals surface area contributed by atoms with Crippen LogP contribution in [0.1, 0.15) is 15.9 Å². The number of ether oxygens (including phenoxy) is 1. The van der Waals surface area contributed by atoms with Crippen molar-refractivity contribution in [1.29, 1.82) is 0 Å². The minimum absolute atomic E-state index is 0.278. The lowest BCUT2D eigenvalue weighted by Crippen LogP contribution is -2.01. The monoisotopic (exact) mass is 232 g/mol. The molecule has 3 heteroatoms. The SMILES string of the molecule is COC(=O)c1cscc1-c1ccccc1C. The number of hydrogen-bond acceptors (Lipinski definition) is 3. The van der Waals surface area contributed by atoms with Crippen molar-refractivity contribution in [2.45, 2.75) is 6.92 Å². The summed E-state index contributed by atoms with van der Waals surface area (Å²) >= 11 is 1.51. The number of esters is 1. The van der Waals surface area contributed by atoms with Crippen LogP contribution in [0, 0.1) is 6.92 Å². The zero-order valence-corrected chi connectivity index (χ0v) is 10.0. The Morgan fingerprint density at radius 3 is 2.62 bits per heavy atom. The number of benzene rings is 1. The highest BCUT2D eigenvalue weighted by Crippen LogP contribution is 2.30. The number of aryl methyl sites for hydroxylation is 1. The van der Waals surface area contributed by atoms with E-state index in [9.17, 15) is 4.79 Å². The van der Waals surface area contributed by atoms with Gasteiger partial charge in [0.05, 0.1) is 12.7 Å². The van der Waals surface area contributed by atoms with E-state index in [1.54, 1.807) is 0 Å². The second-order valence-corrected chi connectivity index (χ2v) is 4.25. The third-order valence-electron chi connectivity index (χ3n) is 2.50. The Balaban J connectivity index is 2.53. The van der Waals surface area contributed by atoms with Crippen molar-refractivity contribution in [3.63, 3.8) is 0 Å². The Bertz CT molecular complexity index is 514. The molecule has 0 N–H and O–H groups in total. The first-order valence-electron chi connectivity index (χ1n) is 4.94. The van der Waals surface area contributed by atoms with Gasteiger partial charge >= 0.3 is 5.97 Å². The molecular formula is C13H12O2S. The summed E-state index contributed by atoms with van der Waals surface area (Å²) in [5, 5.41) is 3.81. The summed E-state index contributed by atoms with van der Waals surface area (Å²) in [4.78, 5) is 11.6. The van der Waals surface area contributed by atoms with E-state index in [-0.39, 0.29) is 5.97 Å². The van der Waals surface area contributed by atoms with Gasteiger partial charge in [-0.05, 0) is 23.4 Å². The molecule has 82 valence electrons. The fourth-order valence-corrected chi connectivity index (χ4v) is 2.47. The third kappa shape index (κ3) is 1.86. The van der Waals surface area contributed by atoms with E-state index in [2.05, 4.69) is 0 Å². The van der Waals surface area contributed by atoms with Crippen molar-refractivity contribution in [1.82, 2.24) is 0 Å². The van der Waals surface area contributed by atoms with Gasteiger partial charge in [-0.1, -0.05) is 24.3 Å². The number of carbonyl (C=O) groups excluding carboxylic acids is 1. The molecule has 1 aromatic heterocycles. The van der Waals surface area contributed by atoms with Crippen LogP contribution in [0.2, 0.25) is 0 Å². The average molecular weight is 232 g/mol. The van der Waals surface area contributed by atoms with E-state index in [1.807, 2.05) is 41.9 Å². The molecule has 0 atom stereocenters. The second-order valence-electron chi connectivity index (χ2n) is 3.51. The topological polar surface area (TPSA) is 26.3 Å². The minimum atomic E-state index is -0.278. The van der Waals surface area contributed by atoms with Crippen LogP contribution >= 0.6 is 11.3 Å². The zero-order chi connectivity index (χ0) is 11.5. The summed E-state index contributed by atoms with van der Waals surface area (Å²) in [7, 11) is 1.40. The highest BCUT2D eigenvalue weighted by Gasteiger charge is 2.15. The molecule has 16 heavy (non-hydrogen) atoms. The lowest BCUT2D eigenvalue weighted by atomic mass is 10.00. The first-order chi connectivity index (χ1) is 7.74. The number of thiophene rings is 1. The predicted molar refractivity (Wildman–Crippen MR) is 65.8 cm³/mol. The first kappa shape index (κ1) is 10.9. The van der Waals surface area contributed by atoms with Crippen LogP contribution in [0.5, 0.6) is 0 Å². The fraction of sp³-hybridized carbons (Fsp3) is 0.154. The molecule has 0 aliphatic heterocycles. The molecule has 2 aromatic rings. The Kier molecular flexibility index (Phi) is 3.06. The van der Waals surface area contributed by atoms with Crippen LogP contribution in [0.25, 0.3) is 11.1 Å². The maximum Gasteiger partial charge on any atom is 0.339 e. The second kappa shape index (κ2) is 4.49. The molecule has 1 heterocycles. The van der Waals surface area contributed by atoms with Crippen molar-refractivity contribution >= 4 is 17.3 Å². The van der Waals surface area contributed by atoms with Gasteiger partial charge in [0, 0.05) is 10.9 Å². The Morgan fingerprint density at radius 1 is 1.19 bits per heavy atom. The summed E-state index contributed by atoms with van der Waals surface area (Å²) < 4.78 is 4.76. The highest BCUT2D eigenvalue weighted by atomic mass is 32.1. The number of rotatable bonds is 2. The molecule has 0 saturated carbocycles. The molecule has 0 unspecified atom stereocenters. The minimum Gasteiger partial charge on any atom is -0.465 e. The van der Waals surface area contributed by atoms with E-state index in [0.717, 1.165) is 16.7 Å². The fourth-order valence-electron chi connectivity index (χ4n) is 1.65. The van der Waals surface area contributed by atoms with Gasteiger partial charge in [-0.2, -0.15) is 11.3 Å². The van der Waals surface area contributed by atoms with Gasteiger partial charge in [0.2, 0.25) is 0 Å². The zero-order valence-electron chi connectivity index (χ0n) is 9.19. The summed E-state index contributed by atoms with van der Waals surface area (Å²) in [6.07, 6.45) is 0. The van der Waals surface area contributed by atoms with Gasteiger partial charge in [-0.15, -0.1) is 0 Å². The standard InChI is InChI=1S/C13H12O2S/c1-9-5-3-4-6-10(9)11-7-16-8-12(11)13(14)15-2/h3-8H,1-2H3. The molecule has 0 spiro atoms. The molecule has 0 fully saturated rings. The van der Waals surface area contributed by atoms with Crippen molar-refractivity contribution < 1.29 is 9.53 Å². The number of hydrogen-bond donors (Lipinski definition) is 0. The van der Waals surface area contributed by atoms with Crippen LogP contribution in [0.4, 0.5) is 0 Å². The van der Waals surface area contributed by atoms with Gasteiger partial charge in [-0.3, -0.25) is 0 Å². The summed E-state index contributed by atoms with van der Waals surface area (Å²) in [6, 6.07) is 8.02. The van der Waals surface area contributed by atoms with Crippen LogP contribution in [0.3, 0.4) is 0 Å². The van der Waals surface area contributed by atoms with E-state index in [1.165, 1.54) is 18.4 Å². The maximum absolute atomic E-state index is 11.6. The first-order valence-corrected chi connectivity index (χ1v) is 5.89. The largest absolute Gasteiger partial charge is 0.465 e. The maximum atomic E-state index is 11.6. The quantitative estimate of drug-likeness (QED) is 0.741. The molecule has 0 aliphatic carbocycles. The summed E-state index contributed by atoms with van der Waals surface area (Å²) in [5.74, 6) is -0.278. The molecular weight excluding hydrogens is 220 g/mol. The lowest BCUT2D eigenvalue weighted by molar-refractivity contribution is 0.0602. The van der Waals surface area contributed by atoms with E-state index in [4.69, 9.17) is 4.74 Å². The highest BCUT2D eigenvalue weighted by molar-refractivity contribution is 7.08. The normalized spacial score (nSPS) is 10.1. The van der Waals surface area contributed by atoms with E-state index >= 15 is 0 Å². The number of carbonyl (C=O) groups is 1. The Hall–Kier alpha value is -1.61. The lowest BCUT2D eigenvalue weighted by Gasteiger charge is -2.05. The summed E-state index contributed by atoms with van der Waals surface area (Å²) in [6.45, 7) is 2.04. The van der Waals surface area contributed by atoms with Gasteiger partial charge in [0.1, 0.15) is 0 Å². The molecule has 0 amide bonds. The van der Waals surface area contributed by atoms with E-state index in [0.29, 0.717) is 5.56 Å². The van der Waals surface area contributed by atoms with Crippen molar-refractivity contribution in [2.75, 3.05) is 7.11 Å². The van der Waals surface area contributed by atoms with Crippen LogP contribution in [0.15, 0.2) is 35.0 Å². The molecule has 0 saturated heterocycles. The molecule has 2 rings (SSSR count). The van der Waals surface area contributed by atoms with Crippen LogP contribution in [-0.2, 0) is 4.74 Å². The van der Waals surface area contributed by atoms with Crippen molar-refractivity contribution in [3.05, 3.63) is 46.2 Å². The Labute approximate surface area is 98.5 Å².